The Morgan fingerprint density at radius 2 is 1.82 bits per heavy atom. The highest BCUT2D eigenvalue weighted by Gasteiger charge is 2.61. The second kappa shape index (κ2) is 9.23. The van der Waals surface area contributed by atoms with Gasteiger partial charge in [0.15, 0.2) is 6.29 Å². The number of aliphatic hydroxyl groups is 6. The molecule has 12 atom stereocenters. The number of hydrogen-bond acceptors (Lipinski definition) is 8. The molecule has 0 amide bonds. The first kappa shape index (κ1) is 26.2. The molecule has 3 fully saturated rings. The van der Waals surface area contributed by atoms with Gasteiger partial charge in [0.05, 0.1) is 25.4 Å². The highest BCUT2D eigenvalue weighted by molar-refractivity contribution is 5.26. The molecule has 1 aliphatic heterocycles. The highest BCUT2D eigenvalue weighted by atomic mass is 16.7. The summed E-state index contributed by atoms with van der Waals surface area (Å²) in [7, 11) is 0. The van der Waals surface area contributed by atoms with E-state index < -0.39 is 54.9 Å². The second-order valence-electron chi connectivity index (χ2n) is 11.9. The van der Waals surface area contributed by atoms with Crippen LogP contribution in [0.4, 0.5) is 0 Å². The van der Waals surface area contributed by atoms with Gasteiger partial charge in [0.25, 0.3) is 0 Å². The lowest BCUT2D eigenvalue weighted by atomic mass is 9.44. The molecule has 4 rings (SSSR count). The van der Waals surface area contributed by atoms with E-state index in [1.54, 1.807) is 0 Å². The van der Waals surface area contributed by atoms with Crippen molar-refractivity contribution in [3.8, 4) is 0 Å². The molecule has 0 aromatic carbocycles. The van der Waals surface area contributed by atoms with Gasteiger partial charge in [0.2, 0.25) is 0 Å². The first-order chi connectivity index (χ1) is 15.9. The van der Waals surface area contributed by atoms with E-state index in [1.165, 1.54) is 5.57 Å². The van der Waals surface area contributed by atoms with Crippen LogP contribution in [0.3, 0.4) is 0 Å². The summed E-state index contributed by atoms with van der Waals surface area (Å²) in [5, 5.41) is 62.1. The topological polar surface area (TPSA) is 140 Å². The van der Waals surface area contributed by atoms with Crippen LogP contribution in [0.5, 0.6) is 0 Å². The van der Waals surface area contributed by atoms with Gasteiger partial charge >= 0.3 is 0 Å². The minimum atomic E-state index is -1.53. The lowest BCUT2D eigenvalue weighted by molar-refractivity contribution is -0.315. The Balaban J connectivity index is 1.58. The predicted molar refractivity (Wildman–Crippen MR) is 124 cm³/mol. The molecule has 4 aliphatic rings. The van der Waals surface area contributed by atoms with Crippen molar-refractivity contribution in [2.24, 2.45) is 28.1 Å². The molecule has 0 radical (unpaired) electrons. The summed E-state index contributed by atoms with van der Waals surface area (Å²) in [6.45, 7) is 9.84. The van der Waals surface area contributed by atoms with Gasteiger partial charge in [-0.2, -0.15) is 0 Å². The van der Waals surface area contributed by atoms with Crippen molar-refractivity contribution in [3.05, 3.63) is 24.3 Å². The first-order valence-corrected chi connectivity index (χ1v) is 12.5. The average molecular weight is 483 g/mol. The van der Waals surface area contributed by atoms with E-state index in [0.717, 1.165) is 25.7 Å². The number of fused-ring (bicyclic) bond motifs is 3. The van der Waals surface area contributed by atoms with Crippen molar-refractivity contribution in [1.82, 2.24) is 0 Å². The van der Waals surface area contributed by atoms with Crippen molar-refractivity contribution < 1.29 is 40.1 Å². The van der Waals surface area contributed by atoms with Gasteiger partial charge in [0.1, 0.15) is 24.4 Å². The minimum Gasteiger partial charge on any atom is -0.394 e. The number of aliphatic hydroxyl groups excluding tert-OH is 6. The van der Waals surface area contributed by atoms with E-state index >= 15 is 0 Å². The van der Waals surface area contributed by atoms with Gasteiger partial charge in [-0.05, 0) is 54.8 Å². The molecule has 6 N–H and O–H groups in total. The predicted octanol–water partition coefficient (Wildman–Crippen LogP) is 0.880. The lowest BCUT2D eigenvalue weighted by Crippen LogP contribution is -2.64. The molecule has 0 aromatic heterocycles. The third-order valence-electron chi connectivity index (χ3n) is 9.65. The maximum atomic E-state index is 11.2. The summed E-state index contributed by atoms with van der Waals surface area (Å²) in [6, 6.07) is 0. The minimum absolute atomic E-state index is 0.0186. The molecule has 194 valence electrons. The van der Waals surface area contributed by atoms with Gasteiger partial charge < -0.3 is 40.1 Å². The van der Waals surface area contributed by atoms with Crippen LogP contribution in [-0.2, 0) is 9.47 Å². The van der Waals surface area contributed by atoms with Crippen molar-refractivity contribution in [2.45, 2.75) is 95.8 Å². The van der Waals surface area contributed by atoms with E-state index in [4.69, 9.17) is 9.47 Å². The van der Waals surface area contributed by atoms with Crippen LogP contribution in [0.1, 0.15) is 52.9 Å². The third-order valence-corrected chi connectivity index (χ3v) is 9.65. The van der Waals surface area contributed by atoms with Crippen molar-refractivity contribution in [2.75, 3.05) is 13.2 Å². The molecule has 8 nitrogen and oxygen atoms in total. The summed E-state index contributed by atoms with van der Waals surface area (Å²) >= 11 is 0. The van der Waals surface area contributed by atoms with Gasteiger partial charge in [-0.3, -0.25) is 0 Å². The Labute approximate surface area is 201 Å². The molecule has 1 saturated heterocycles. The van der Waals surface area contributed by atoms with Crippen LogP contribution in [0, 0.1) is 28.1 Å². The Kier molecular flexibility index (Phi) is 7.12. The first-order valence-electron chi connectivity index (χ1n) is 12.5. The van der Waals surface area contributed by atoms with Crippen LogP contribution >= 0.6 is 0 Å². The molecule has 34 heavy (non-hydrogen) atoms. The third kappa shape index (κ3) is 4.10. The molecular formula is C26H42O8. The number of allylic oxidation sites excluding steroid dienone is 3. The molecular weight excluding hydrogens is 440 g/mol. The standard InChI is InChI=1S/C26H42O8/c1-5-24(2)9-8-15-14(10-24)6-7-18-25(15,3)11-16(28)22(32)26(18,4)13-33-23-21(31)20(30)19(29)17(12-27)34-23/h5-6,15-23,27-32H,1,7-13H2,2-4H3/t15-,16-,17-,18+,19+,20+,21+,22-,23-,24+,25+,26-/m0/s1. The highest BCUT2D eigenvalue weighted by Crippen LogP contribution is 2.63. The smallest absolute Gasteiger partial charge is 0.186 e. The van der Waals surface area contributed by atoms with Gasteiger partial charge in [-0.1, -0.05) is 38.5 Å². The molecule has 8 heteroatoms. The molecule has 0 aromatic rings. The Morgan fingerprint density at radius 3 is 2.47 bits per heavy atom. The van der Waals surface area contributed by atoms with E-state index in [0.29, 0.717) is 12.3 Å². The molecule has 0 unspecified atom stereocenters. The van der Waals surface area contributed by atoms with Crippen LogP contribution in [0.15, 0.2) is 24.3 Å². The Bertz CT molecular complexity index is 800. The lowest BCUT2D eigenvalue weighted by Gasteiger charge is -2.62. The summed E-state index contributed by atoms with van der Waals surface area (Å²) < 4.78 is 11.4. The molecule has 2 saturated carbocycles. The average Bonchev–Trinajstić information content (AvgIpc) is 2.80. The van der Waals surface area contributed by atoms with E-state index in [1.807, 2.05) is 6.92 Å². The van der Waals surface area contributed by atoms with Crippen LogP contribution in [0.2, 0.25) is 0 Å². The molecule has 0 bridgehead atoms. The monoisotopic (exact) mass is 482 g/mol. The van der Waals surface area contributed by atoms with E-state index in [2.05, 4.69) is 32.6 Å². The molecule has 0 spiro atoms. The molecule has 1 heterocycles. The number of ether oxygens (including phenoxy) is 2. The zero-order valence-electron chi connectivity index (χ0n) is 20.5. The fourth-order valence-electron chi connectivity index (χ4n) is 7.43. The summed E-state index contributed by atoms with van der Waals surface area (Å²) in [4.78, 5) is 0. The second-order valence-corrected chi connectivity index (χ2v) is 11.9. The van der Waals surface area contributed by atoms with E-state index in [9.17, 15) is 30.6 Å². The zero-order valence-corrected chi connectivity index (χ0v) is 20.5. The Morgan fingerprint density at radius 1 is 1.12 bits per heavy atom. The fourth-order valence-corrected chi connectivity index (χ4v) is 7.43. The van der Waals surface area contributed by atoms with Crippen molar-refractivity contribution in [3.63, 3.8) is 0 Å². The normalized spacial score (nSPS) is 53.4. The Hall–Kier alpha value is -0.840. The molecule has 3 aliphatic carbocycles. The van der Waals surface area contributed by atoms with Gasteiger partial charge in [0, 0.05) is 5.41 Å². The maximum Gasteiger partial charge on any atom is 0.186 e. The van der Waals surface area contributed by atoms with E-state index in [-0.39, 0.29) is 23.4 Å². The number of hydrogen-bond donors (Lipinski definition) is 6. The summed E-state index contributed by atoms with van der Waals surface area (Å²) in [5.41, 5.74) is 0.409. The zero-order chi connectivity index (χ0) is 25.1. The van der Waals surface area contributed by atoms with Crippen LogP contribution < -0.4 is 0 Å². The van der Waals surface area contributed by atoms with Gasteiger partial charge in [-0.15, -0.1) is 6.58 Å². The summed E-state index contributed by atoms with van der Waals surface area (Å²) in [6.07, 6.45) is -0.221. The van der Waals surface area contributed by atoms with Crippen LogP contribution in [0.25, 0.3) is 0 Å². The largest absolute Gasteiger partial charge is 0.394 e. The van der Waals surface area contributed by atoms with Crippen LogP contribution in [-0.4, -0.2) is 86.8 Å². The fraction of sp³-hybridized carbons (Fsp3) is 0.846. The van der Waals surface area contributed by atoms with Crippen molar-refractivity contribution in [1.29, 1.82) is 0 Å². The number of rotatable bonds is 5. The quantitative estimate of drug-likeness (QED) is 0.318. The summed E-state index contributed by atoms with van der Waals surface area (Å²) in [5.74, 6) is 0.318. The van der Waals surface area contributed by atoms with Gasteiger partial charge in [-0.25, -0.2) is 0 Å². The SMILES string of the molecule is C=C[C@]1(C)CC[C@H]2C(=CC[C@@H]3[C@]2(C)C[C@H](O)[C@H](O)[C@@]3(C)CO[C@H]2O[C@@H](CO)[C@@H](O)[C@@H](O)[C@H]2O)C1. The van der Waals surface area contributed by atoms with Crippen molar-refractivity contribution >= 4 is 0 Å². The maximum absolute atomic E-state index is 11.2.